The van der Waals surface area contributed by atoms with Gasteiger partial charge in [0.25, 0.3) is 0 Å². The highest BCUT2D eigenvalue weighted by Crippen LogP contribution is 2.25. The van der Waals surface area contributed by atoms with Gasteiger partial charge in [0, 0.05) is 12.0 Å². The Hall–Kier alpha value is -0.900. The summed E-state index contributed by atoms with van der Waals surface area (Å²) < 4.78 is 1.92. The second-order valence-corrected chi connectivity index (χ2v) is 5.30. The third kappa shape index (κ3) is 1.95. The monoisotopic (exact) mass is 196 g/mol. The van der Waals surface area contributed by atoms with Crippen molar-refractivity contribution in [1.82, 2.24) is 15.0 Å². The van der Waals surface area contributed by atoms with Crippen LogP contribution in [0.25, 0.3) is 0 Å². The van der Waals surface area contributed by atoms with Gasteiger partial charge in [-0.05, 0) is 13.8 Å². The fraction of sp³-hybridized carbons (Fsp3) is 0.800. The summed E-state index contributed by atoms with van der Waals surface area (Å²) in [6.07, 6.45) is 1.82. The van der Waals surface area contributed by atoms with Crippen molar-refractivity contribution < 1.29 is 0 Å². The molecule has 0 amide bonds. The quantitative estimate of drug-likeness (QED) is 0.775. The van der Waals surface area contributed by atoms with Crippen LogP contribution in [0.1, 0.15) is 40.3 Å². The second kappa shape index (κ2) is 3.35. The zero-order valence-electron chi connectivity index (χ0n) is 9.70. The van der Waals surface area contributed by atoms with E-state index in [2.05, 4.69) is 44.9 Å². The molecule has 80 valence electrons. The van der Waals surface area contributed by atoms with E-state index < -0.39 is 0 Å². The van der Waals surface area contributed by atoms with Gasteiger partial charge >= 0.3 is 0 Å². The zero-order valence-corrected chi connectivity index (χ0v) is 9.70. The number of aromatic nitrogens is 3. The molecule has 1 rings (SSSR count). The highest BCUT2D eigenvalue weighted by atomic mass is 15.5. The van der Waals surface area contributed by atoms with Crippen LogP contribution in [0.5, 0.6) is 0 Å². The normalized spacial score (nSPS) is 13.3. The van der Waals surface area contributed by atoms with Crippen molar-refractivity contribution >= 4 is 0 Å². The molecule has 14 heavy (non-hydrogen) atoms. The summed E-state index contributed by atoms with van der Waals surface area (Å²) in [4.78, 5) is 0. The van der Waals surface area contributed by atoms with E-state index in [1.165, 1.54) is 0 Å². The van der Waals surface area contributed by atoms with E-state index >= 15 is 0 Å². The smallest absolute Gasteiger partial charge is 0.0730 e. The molecule has 0 bridgehead atoms. The summed E-state index contributed by atoms with van der Waals surface area (Å²) in [5, 5.41) is 8.07. The largest absolute Gasteiger partial charge is 0.328 e. The lowest BCUT2D eigenvalue weighted by molar-refractivity contribution is 0.296. The predicted molar refractivity (Wildman–Crippen MR) is 57.1 cm³/mol. The van der Waals surface area contributed by atoms with E-state index in [1.807, 2.05) is 10.9 Å². The summed E-state index contributed by atoms with van der Waals surface area (Å²) in [7, 11) is 0. The number of hydrogen-bond donors (Lipinski definition) is 1. The zero-order chi connectivity index (χ0) is 11.0. The molecule has 1 aromatic rings. The van der Waals surface area contributed by atoms with E-state index in [1.54, 1.807) is 0 Å². The number of hydrogen-bond acceptors (Lipinski definition) is 3. The standard InChI is InChI=1S/C10H20N4/c1-9(2,3)8-6-12-13-14(8)10(4,5)7-11/h6H,7,11H2,1-5H3. The average molecular weight is 196 g/mol. The molecule has 0 aromatic carbocycles. The molecule has 1 heterocycles. The molecule has 0 unspecified atom stereocenters. The Labute approximate surface area is 85.5 Å². The summed E-state index contributed by atoms with van der Waals surface area (Å²) in [5.41, 5.74) is 6.72. The first-order valence-electron chi connectivity index (χ1n) is 4.91. The van der Waals surface area contributed by atoms with Crippen molar-refractivity contribution in [3.8, 4) is 0 Å². The van der Waals surface area contributed by atoms with Crippen molar-refractivity contribution in [3.05, 3.63) is 11.9 Å². The van der Waals surface area contributed by atoms with E-state index in [0.717, 1.165) is 5.69 Å². The number of nitrogens with zero attached hydrogens (tertiary/aromatic N) is 3. The molecule has 4 heteroatoms. The van der Waals surface area contributed by atoms with E-state index in [9.17, 15) is 0 Å². The fourth-order valence-electron chi connectivity index (χ4n) is 1.28. The highest BCUT2D eigenvalue weighted by molar-refractivity contribution is 5.10. The minimum Gasteiger partial charge on any atom is -0.328 e. The molecule has 0 radical (unpaired) electrons. The molecule has 0 aliphatic carbocycles. The van der Waals surface area contributed by atoms with Gasteiger partial charge in [-0.3, -0.25) is 0 Å². The predicted octanol–water partition coefficient (Wildman–Crippen LogP) is 1.27. The maximum Gasteiger partial charge on any atom is 0.0730 e. The van der Waals surface area contributed by atoms with Crippen molar-refractivity contribution in [2.75, 3.05) is 6.54 Å². The van der Waals surface area contributed by atoms with Gasteiger partial charge in [-0.25, -0.2) is 4.68 Å². The van der Waals surface area contributed by atoms with Gasteiger partial charge in [-0.2, -0.15) is 0 Å². The highest BCUT2D eigenvalue weighted by Gasteiger charge is 2.28. The lowest BCUT2D eigenvalue weighted by atomic mass is 9.91. The van der Waals surface area contributed by atoms with E-state index in [4.69, 9.17) is 5.73 Å². The van der Waals surface area contributed by atoms with Gasteiger partial charge < -0.3 is 5.73 Å². The van der Waals surface area contributed by atoms with Gasteiger partial charge in [-0.1, -0.05) is 26.0 Å². The molecule has 0 saturated heterocycles. The molecule has 2 N–H and O–H groups in total. The molecule has 0 atom stereocenters. The van der Waals surface area contributed by atoms with Crippen LogP contribution in [-0.2, 0) is 11.0 Å². The lowest BCUT2D eigenvalue weighted by Gasteiger charge is -2.29. The fourth-order valence-corrected chi connectivity index (χ4v) is 1.28. The molecule has 1 aromatic heterocycles. The minimum atomic E-state index is -0.168. The van der Waals surface area contributed by atoms with Crippen LogP contribution in [0.15, 0.2) is 6.20 Å². The van der Waals surface area contributed by atoms with E-state index in [0.29, 0.717) is 6.54 Å². The first-order valence-corrected chi connectivity index (χ1v) is 4.91. The molecular weight excluding hydrogens is 176 g/mol. The summed E-state index contributed by atoms with van der Waals surface area (Å²) in [6, 6.07) is 0. The molecule has 0 aliphatic rings. The van der Waals surface area contributed by atoms with Crippen LogP contribution >= 0.6 is 0 Å². The van der Waals surface area contributed by atoms with Crippen LogP contribution in [0.2, 0.25) is 0 Å². The topological polar surface area (TPSA) is 56.7 Å². The van der Waals surface area contributed by atoms with Crippen LogP contribution in [0.3, 0.4) is 0 Å². The van der Waals surface area contributed by atoms with Crippen molar-refractivity contribution in [3.63, 3.8) is 0 Å². The SMILES string of the molecule is CC(C)(C)c1cnnn1C(C)(C)CN. The molecular formula is C10H20N4. The Bertz CT molecular complexity index is 306. The van der Waals surface area contributed by atoms with Crippen molar-refractivity contribution in [2.24, 2.45) is 5.73 Å². The first kappa shape index (κ1) is 11.2. The molecule has 0 saturated carbocycles. The maximum absolute atomic E-state index is 5.72. The third-order valence-corrected chi connectivity index (χ3v) is 2.39. The van der Waals surface area contributed by atoms with Gasteiger partial charge in [0.1, 0.15) is 0 Å². The maximum atomic E-state index is 5.72. The van der Waals surface area contributed by atoms with Gasteiger partial charge in [0.05, 0.1) is 17.4 Å². The van der Waals surface area contributed by atoms with Crippen LogP contribution < -0.4 is 5.73 Å². The Morgan fingerprint density at radius 3 is 2.29 bits per heavy atom. The molecule has 4 nitrogen and oxygen atoms in total. The average Bonchev–Trinajstić information content (AvgIpc) is 2.51. The van der Waals surface area contributed by atoms with Crippen LogP contribution in [0, 0.1) is 0 Å². The third-order valence-electron chi connectivity index (χ3n) is 2.39. The van der Waals surface area contributed by atoms with Crippen LogP contribution in [0.4, 0.5) is 0 Å². The summed E-state index contributed by atoms with van der Waals surface area (Å²) in [5.74, 6) is 0. The van der Waals surface area contributed by atoms with Gasteiger partial charge in [0.2, 0.25) is 0 Å². The molecule has 0 spiro atoms. The Kier molecular flexibility index (Phi) is 2.67. The van der Waals surface area contributed by atoms with Crippen molar-refractivity contribution in [1.29, 1.82) is 0 Å². The number of nitrogens with two attached hydrogens (primary N) is 1. The van der Waals surface area contributed by atoms with Gasteiger partial charge in [-0.15, -0.1) is 5.10 Å². The first-order chi connectivity index (χ1) is 6.29. The Morgan fingerprint density at radius 2 is 1.86 bits per heavy atom. The summed E-state index contributed by atoms with van der Waals surface area (Å²) in [6.45, 7) is 11.1. The van der Waals surface area contributed by atoms with Gasteiger partial charge in [0.15, 0.2) is 0 Å². The molecule has 0 aliphatic heterocycles. The second-order valence-electron chi connectivity index (χ2n) is 5.30. The molecule has 0 fully saturated rings. The Morgan fingerprint density at radius 1 is 1.29 bits per heavy atom. The minimum absolute atomic E-state index is 0.0515. The lowest BCUT2D eigenvalue weighted by Crippen LogP contribution is -2.39. The van der Waals surface area contributed by atoms with Crippen molar-refractivity contribution in [2.45, 2.75) is 45.6 Å². The summed E-state index contributed by atoms with van der Waals surface area (Å²) >= 11 is 0. The van der Waals surface area contributed by atoms with Crippen LogP contribution in [-0.4, -0.2) is 21.5 Å². The Balaban J connectivity index is 3.18. The van der Waals surface area contributed by atoms with E-state index in [-0.39, 0.29) is 11.0 Å². The number of rotatable bonds is 2.